The molecule has 4 heteroatoms. The summed E-state index contributed by atoms with van der Waals surface area (Å²) in [4.78, 5) is 12.2. The number of carbonyl (C=O) groups excluding carboxylic acids is 1. The van der Waals surface area contributed by atoms with Crippen LogP contribution in [0.15, 0.2) is 54.6 Å². The molecule has 0 spiro atoms. The van der Waals surface area contributed by atoms with Crippen molar-refractivity contribution in [1.82, 2.24) is 5.32 Å². The maximum Gasteiger partial charge on any atom is 0.252 e. The fourth-order valence-electron chi connectivity index (χ4n) is 2.08. The lowest BCUT2D eigenvalue weighted by Crippen LogP contribution is -2.29. The fourth-order valence-corrected chi connectivity index (χ4v) is 2.08. The van der Waals surface area contributed by atoms with Crippen LogP contribution in [0.5, 0.6) is 0 Å². The van der Waals surface area contributed by atoms with Crippen LogP contribution in [0.25, 0.3) is 6.08 Å². The Kier molecular flexibility index (Phi) is 5.72. The van der Waals surface area contributed by atoms with Crippen molar-refractivity contribution in [1.29, 1.82) is 0 Å². The highest BCUT2D eigenvalue weighted by Crippen LogP contribution is 2.13. The van der Waals surface area contributed by atoms with Crippen LogP contribution in [-0.4, -0.2) is 19.0 Å². The highest BCUT2D eigenvalue weighted by Gasteiger charge is 2.10. The quantitative estimate of drug-likeness (QED) is 0.798. The Bertz CT molecular complexity index is 653. The molecule has 0 aliphatic carbocycles. The fraction of sp³-hybridized carbons (Fsp3) is 0.167. The van der Waals surface area contributed by atoms with Crippen molar-refractivity contribution < 1.29 is 9.18 Å². The van der Waals surface area contributed by atoms with Crippen molar-refractivity contribution in [2.75, 3.05) is 18.4 Å². The Hall–Kier alpha value is -2.62. The summed E-state index contributed by atoms with van der Waals surface area (Å²) < 4.78 is 13.3. The lowest BCUT2D eigenvalue weighted by atomic mass is 10.1. The van der Waals surface area contributed by atoms with E-state index < -0.39 is 5.82 Å². The molecule has 0 atom stereocenters. The topological polar surface area (TPSA) is 41.1 Å². The Labute approximate surface area is 129 Å². The van der Waals surface area contributed by atoms with Crippen molar-refractivity contribution >= 4 is 17.7 Å². The normalized spacial score (nSPS) is 10.6. The number of hydrogen-bond donors (Lipinski definition) is 2. The number of amides is 1. The molecule has 0 saturated carbocycles. The van der Waals surface area contributed by atoms with E-state index >= 15 is 0 Å². The highest BCUT2D eigenvalue weighted by atomic mass is 19.1. The molecule has 0 bridgehead atoms. The number of halogens is 1. The minimum absolute atomic E-state index is 0.275. The molecule has 0 unspecified atom stereocenters. The van der Waals surface area contributed by atoms with Crippen LogP contribution in [0.1, 0.15) is 22.8 Å². The van der Waals surface area contributed by atoms with Gasteiger partial charge in [-0.1, -0.05) is 36.4 Å². The van der Waals surface area contributed by atoms with Crippen LogP contribution in [-0.2, 0) is 0 Å². The summed E-state index contributed by atoms with van der Waals surface area (Å²) >= 11 is 0. The van der Waals surface area contributed by atoms with Gasteiger partial charge in [-0.25, -0.2) is 4.39 Å². The molecule has 0 saturated heterocycles. The van der Waals surface area contributed by atoms with E-state index in [-0.39, 0.29) is 5.91 Å². The van der Waals surface area contributed by atoms with Gasteiger partial charge in [-0.3, -0.25) is 4.79 Å². The second-order valence-corrected chi connectivity index (χ2v) is 4.78. The van der Waals surface area contributed by atoms with Gasteiger partial charge in [-0.15, -0.1) is 0 Å². The third-order valence-corrected chi connectivity index (χ3v) is 3.12. The van der Waals surface area contributed by atoms with Crippen LogP contribution in [0.2, 0.25) is 0 Å². The van der Waals surface area contributed by atoms with Crippen molar-refractivity contribution in [2.24, 2.45) is 0 Å². The minimum atomic E-state index is -0.416. The van der Waals surface area contributed by atoms with Gasteiger partial charge in [0.2, 0.25) is 0 Å². The van der Waals surface area contributed by atoms with Crippen molar-refractivity contribution in [3.8, 4) is 0 Å². The molecule has 22 heavy (non-hydrogen) atoms. The van der Waals surface area contributed by atoms with Crippen molar-refractivity contribution in [3.05, 3.63) is 71.6 Å². The van der Waals surface area contributed by atoms with E-state index in [0.717, 1.165) is 5.69 Å². The summed E-state index contributed by atoms with van der Waals surface area (Å²) in [5, 5.41) is 5.99. The first-order valence-corrected chi connectivity index (χ1v) is 7.20. The van der Waals surface area contributed by atoms with Crippen LogP contribution in [0.4, 0.5) is 10.1 Å². The molecule has 0 aliphatic rings. The summed E-state index contributed by atoms with van der Waals surface area (Å²) in [5.41, 5.74) is 2.05. The van der Waals surface area contributed by atoms with Crippen LogP contribution in [0, 0.1) is 5.82 Å². The van der Waals surface area contributed by atoms with Gasteiger partial charge in [0.05, 0.1) is 0 Å². The SMILES string of the molecule is CC=Cc1ccc(F)cc1C(=O)NCCNc1ccccc1. The molecule has 0 heterocycles. The number of nitrogens with one attached hydrogen (secondary N) is 2. The molecule has 0 fully saturated rings. The van der Waals surface area contributed by atoms with Crippen LogP contribution >= 0.6 is 0 Å². The number of benzene rings is 2. The number of anilines is 1. The molecule has 2 N–H and O–H groups in total. The number of para-hydroxylation sites is 1. The van der Waals surface area contributed by atoms with Gasteiger partial charge in [-0.2, -0.15) is 0 Å². The first-order valence-electron chi connectivity index (χ1n) is 7.20. The molecule has 2 rings (SSSR count). The van der Waals surface area contributed by atoms with E-state index in [4.69, 9.17) is 0 Å². The van der Waals surface area contributed by atoms with Crippen LogP contribution in [0.3, 0.4) is 0 Å². The zero-order valence-electron chi connectivity index (χ0n) is 12.5. The Morgan fingerprint density at radius 1 is 1.14 bits per heavy atom. The number of carbonyl (C=O) groups is 1. The average molecular weight is 298 g/mol. The zero-order valence-corrected chi connectivity index (χ0v) is 12.5. The van der Waals surface area contributed by atoms with Gasteiger partial charge in [0, 0.05) is 24.3 Å². The third-order valence-electron chi connectivity index (χ3n) is 3.12. The van der Waals surface area contributed by atoms with E-state index in [9.17, 15) is 9.18 Å². The number of allylic oxidation sites excluding steroid dienone is 1. The van der Waals surface area contributed by atoms with Gasteiger partial charge >= 0.3 is 0 Å². The monoisotopic (exact) mass is 298 g/mol. The summed E-state index contributed by atoms with van der Waals surface area (Å²) in [6.45, 7) is 2.92. The maximum atomic E-state index is 13.3. The molecular formula is C18H19FN2O. The van der Waals surface area contributed by atoms with Crippen LogP contribution < -0.4 is 10.6 Å². The molecule has 1 amide bonds. The lowest BCUT2D eigenvalue weighted by molar-refractivity contribution is 0.0954. The van der Waals surface area contributed by atoms with E-state index in [2.05, 4.69) is 10.6 Å². The van der Waals surface area contributed by atoms with Gasteiger partial charge < -0.3 is 10.6 Å². The zero-order chi connectivity index (χ0) is 15.8. The van der Waals surface area contributed by atoms with E-state index in [1.807, 2.05) is 43.3 Å². The molecule has 3 nitrogen and oxygen atoms in total. The predicted molar refractivity (Wildman–Crippen MR) is 88.4 cm³/mol. The molecule has 0 aliphatic heterocycles. The van der Waals surface area contributed by atoms with E-state index in [0.29, 0.717) is 24.2 Å². The van der Waals surface area contributed by atoms with Gasteiger partial charge in [-0.05, 0) is 36.8 Å². The smallest absolute Gasteiger partial charge is 0.252 e. The molecule has 2 aromatic rings. The molecular weight excluding hydrogens is 279 g/mol. The van der Waals surface area contributed by atoms with E-state index in [1.165, 1.54) is 12.1 Å². The summed E-state index contributed by atoms with van der Waals surface area (Å²) in [6.07, 6.45) is 3.61. The molecule has 0 aromatic heterocycles. The Balaban J connectivity index is 1.91. The van der Waals surface area contributed by atoms with Gasteiger partial charge in [0.15, 0.2) is 0 Å². The number of rotatable bonds is 6. The highest BCUT2D eigenvalue weighted by molar-refractivity contribution is 5.97. The first kappa shape index (κ1) is 15.8. The predicted octanol–water partition coefficient (Wildman–Crippen LogP) is 3.70. The minimum Gasteiger partial charge on any atom is -0.383 e. The first-order chi connectivity index (χ1) is 10.7. The third kappa shape index (κ3) is 4.45. The summed E-state index contributed by atoms with van der Waals surface area (Å²) in [5.74, 6) is -0.691. The summed E-state index contributed by atoms with van der Waals surface area (Å²) in [6, 6.07) is 14.0. The lowest BCUT2D eigenvalue weighted by Gasteiger charge is -2.10. The Morgan fingerprint density at radius 2 is 1.91 bits per heavy atom. The van der Waals surface area contributed by atoms with Gasteiger partial charge in [0.1, 0.15) is 5.82 Å². The summed E-state index contributed by atoms with van der Waals surface area (Å²) in [7, 11) is 0. The second kappa shape index (κ2) is 7.98. The largest absolute Gasteiger partial charge is 0.383 e. The van der Waals surface area contributed by atoms with Gasteiger partial charge in [0.25, 0.3) is 5.91 Å². The maximum absolute atomic E-state index is 13.3. The van der Waals surface area contributed by atoms with E-state index in [1.54, 1.807) is 12.1 Å². The number of hydrogen-bond acceptors (Lipinski definition) is 2. The average Bonchev–Trinajstić information content (AvgIpc) is 2.54. The molecule has 0 radical (unpaired) electrons. The second-order valence-electron chi connectivity index (χ2n) is 4.78. The standard InChI is InChI=1S/C18H19FN2O/c1-2-6-14-9-10-15(19)13-17(14)18(22)21-12-11-20-16-7-4-3-5-8-16/h2-10,13,20H,11-12H2,1H3,(H,21,22). The molecule has 2 aromatic carbocycles. The van der Waals surface area contributed by atoms with Crippen molar-refractivity contribution in [3.63, 3.8) is 0 Å². The Morgan fingerprint density at radius 3 is 2.64 bits per heavy atom. The van der Waals surface area contributed by atoms with Crippen molar-refractivity contribution in [2.45, 2.75) is 6.92 Å². The molecule has 114 valence electrons.